The number of urea groups is 1. The number of hydrogen-bond donors (Lipinski definition) is 2. The SMILES string of the molecule is CCCCN(O)C(=O)Nc1cc([C@H]2CC[C@H](c3cc(OC)c(OC)c(OC)c3)O2)cc(OC)c1OCCS(=O)(=O)c1ccccc1Br. The molecule has 2 N–H and O–H groups in total. The number of amides is 2. The van der Waals surface area contributed by atoms with Gasteiger partial charge in [-0.1, -0.05) is 25.5 Å². The maximum absolute atomic E-state index is 13.1. The second-order valence-electron chi connectivity index (χ2n) is 10.8. The molecular formula is C33H41BrN2O10S. The van der Waals surface area contributed by atoms with Crippen LogP contribution in [0, 0.1) is 0 Å². The summed E-state index contributed by atoms with van der Waals surface area (Å²) in [4.78, 5) is 13.1. The Labute approximate surface area is 283 Å². The van der Waals surface area contributed by atoms with Gasteiger partial charge in [-0.3, -0.25) is 5.21 Å². The first-order valence-corrected chi connectivity index (χ1v) is 17.6. The van der Waals surface area contributed by atoms with E-state index in [4.69, 9.17) is 28.4 Å². The minimum absolute atomic E-state index is 0.120. The summed E-state index contributed by atoms with van der Waals surface area (Å²) in [5.41, 5.74) is 1.73. The van der Waals surface area contributed by atoms with Crippen molar-refractivity contribution in [3.8, 4) is 28.7 Å². The largest absolute Gasteiger partial charge is 0.493 e. The standard InChI is InChI=1S/C33H41BrN2O10S/c1-6-7-14-36(38)33(37)35-24-17-21(25-12-13-26(46-25)22-19-28(42-3)32(44-5)29(20-22)43-4)18-27(41-2)31(24)45-15-16-47(39,40)30-11-9-8-10-23(30)34/h8-11,17-20,25-26,38H,6-7,12-16H2,1-5H3,(H,35,37)/t25-,26-/m1/s1. The first-order chi connectivity index (χ1) is 22.6. The molecule has 0 saturated carbocycles. The number of anilines is 1. The van der Waals surface area contributed by atoms with Gasteiger partial charge in [0, 0.05) is 4.47 Å². The van der Waals surface area contributed by atoms with Crippen LogP contribution in [-0.4, -0.2) is 72.1 Å². The minimum atomic E-state index is -3.70. The summed E-state index contributed by atoms with van der Waals surface area (Å²) < 4.78 is 61.2. The predicted molar refractivity (Wildman–Crippen MR) is 179 cm³/mol. The minimum Gasteiger partial charge on any atom is -0.493 e. The highest BCUT2D eigenvalue weighted by Crippen LogP contribution is 2.48. The number of benzene rings is 3. The summed E-state index contributed by atoms with van der Waals surface area (Å²) >= 11 is 3.30. The molecule has 1 aliphatic rings. The lowest BCUT2D eigenvalue weighted by molar-refractivity contribution is -0.0379. The van der Waals surface area contributed by atoms with Gasteiger partial charge in [0.25, 0.3) is 0 Å². The fraction of sp³-hybridized carbons (Fsp3) is 0.424. The molecule has 4 rings (SSSR count). The number of carbonyl (C=O) groups is 1. The van der Waals surface area contributed by atoms with E-state index >= 15 is 0 Å². The second-order valence-corrected chi connectivity index (χ2v) is 13.7. The average molecular weight is 738 g/mol. The average Bonchev–Trinajstić information content (AvgIpc) is 3.57. The molecule has 0 unspecified atom stereocenters. The fourth-order valence-electron chi connectivity index (χ4n) is 5.27. The lowest BCUT2D eigenvalue weighted by Gasteiger charge is -2.22. The molecule has 2 atom stereocenters. The molecule has 0 aliphatic carbocycles. The van der Waals surface area contributed by atoms with Crippen molar-refractivity contribution in [1.29, 1.82) is 0 Å². The van der Waals surface area contributed by atoms with Gasteiger partial charge in [0.2, 0.25) is 5.75 Å². The quantitative estimate of drug-likeness (QED) is 0.124. The first kappa shape index (κ1) is 36.1. The summed E-state index contributed by atoms with van der Waals surface area (Å²) in [7, 11) is 2.39. The predicted octanol–water partition coefficient (Wildman–Crippen LogP) is 6.95. The molecule has 1 heterocycles. The number of hydroxylamine groups is 2. The van der Waals surface area contributed by atoms with Gasteiger partial charge in [-0.05, 0) is 82.7 Å². The van der Waals surface area contributed by atoms with Crippen LogP contribution < -0.4 is 29.0 Å². The number of hydrogen-bond acceptors (Lipinski definition) is 10. The number of carbonyl (C=O) groups excluding carboxylic acids is 1. The Morgan fingerprint density at radius 2 is 1.51 bits per heavy atom. The number of ether oxygens (including phenoxy) is 6. The second kappa shape index (κ2) is 16.4. The Balaban J connectivity index is 1.62. The number of rotatable bonds is 15. The molecule has 3 aromatic rings. The third-order valence-corrected chi connectivity index (χ3v) is 10.4. The van der Waals surface area contributed by atoms with Gasteiger partial charge < -0.3 is 33.7 Å². The van der Waals surface area contributed by atoms with Crippen molar-refractivity contribution in [3.63, 3.8) is 0 Å². The van der Waals surface area contributed by atoms with Gasteiger partial charge in [0.1, 0.15) is 6.61 Å². The van der Waals surface area contributed by atoms with Gasteiger partial charge in [-0.25, -0.2) is 18.3 Å². The van der Waals surface area contributed by atoms with Crippen molar-refractivity contribution in [1.82, 2.24) is 5.06 Å². The lowest BCUT2D eigenvalue weighted by Crippen LogP contribution is -2.33. The molecular weight excluding hydrogens is 696 g/mol. The van der Waals surface area contributed by atoms with Crippen LogP contribution in [-0.2, 0) is 14.6 Å². The van der Waals surface area contributed by atoms with E-state index in [-0.39, 0.29) is 53.2 Å². The van der Waals surface area contributed by atoms with Crippen LogP contribution >= 0.6 is 15.9 Å². The normalized spacial score (nSPS) is 16.0. The van der Waals surface area contributed by atoms with Crippen molar-refractivity contribution in [2.75, 3.05) is 52.7 Å². The van der Waals surface area contributed by atoms with Crippen LogP contribution in [0.4, 0.5) is 10.5 Å². The van der Waals surface area contributed by atoms with E-state index in [1.165, 1.54) is 13.2 Å². The van der Waals surface area contributed by atoms with Crippen LogP contribution in [0.1, 0.15) is 55.9 Å². The Morgan fingerprint density at radius 3 is 2.06 bits per heavy atom. The number of nitrogens with one attached hydrogen (secondary N) is 1. The summed E-state index contributed by atoms with van der Waals surface area (Å²) in [5, 5.41) is 13.6. The van der Waals surface area contributed by atoms with E-state index < -0.39 is 15.9 Å². The first-order valence-electron chi connectivity index (χ1n) is 15.1. The molecule has 14 heteroatoms. The van der Waals surface area contributed by atoms with Gasteiger partial charge in [-0.2, -0.15) is 0 Å². The van der Waals surface area contributed by atoms with Crippen molar-refractivity contribution < 1.29 is 46.8 Å². The van der Waals surface area contributed by atoms with Crippen molar-refractivity contribution in [2.24, 2.45) is 0 Å². The zero-order chi connectivity index (χ0) is 34.1. The van der Waals surface area contributed by atoms with E-state index in [0.717, 1.165) is 12.0 Å². The molecule has 47 heavy (non-hydrogen) atoms. The number of halogens is 1. The fourth-order valence-corrected chi connectivity index (χ4v) is 7.47. The van der Waals surface area contributed by atoms with Gasteiger partial charge >= 0.3 is 6.03 Å². The zero-order valence-corrected chi connectivity index (χ0v) is 29.5. The summed E-state index contributed by atoms with van der Waals surface area (Å²) in [6, 6.07) is 12.9. The molecule has 0 radical (unpaired) electrons. The van der Waals surface area contributed by atoms with Gasteiger partial charge in [-0.15, -0.1) is 0 Å². The molecule has 12 nitrogen and oxygen atoms in total. The van der Waals surface area contributed by atoms with Crippen molar-refractivity contribution in [2.45, 2.75) is 49.7 Å². The molecule has 0 spiro atoms. The van der Waals surface area contributed by atoms with E-state index in [0.29, 0.717) is 51.6 Å². The third kappa shape index (κ3) is 8.61. The third-order valence-electron chi connectivity index (χ3n) is 7.72. The van der Waals surface area contributed by atoms with Crippen LogP contribution in [0.2, 0.25) is 0 Å². The van der Waals surface area contributed by atoms with Gasteiger partial charge in [0.15, 0.2) is 32.8 Å². The Morgan fingerprint density at radius 1 is 0.936 bits per heavy atom. The number of unbranched alkanes of at least 4 members (excludes halogenated alkanes) is 1. The molecule has 0 aromatic heterocycles. The highest BCUT2D eigenvalue weighted by molar-refractivity contribution is 9.10. The van der Waals surface area contributed by atoms with Crippen LogP contribution in [0.15, 0.2) is 57.9 Å². The van der Waals surface area contributed by atoms with Crippen molar-refractivity contribution >= 4 is 37.5 Å². The molecule has 256 valence electrons. The summed E-state index contributed by atoms with van der Waals surface area (Å²) in [5.74, 6) is 1.55. The molecule has 1 fully saturated rings. The van der Waals surface area contributed by atoms with E-state index in [2.05, 4.69) is 21.2 Å². The molecule has 1 saturated heterocycles. The molecule has 2 amide bonds. The molecule has 0 bridgehead atoms. The number of nitrogens with zero attached hydrogens (tertiary/aromatic N) is 1. The van der Waals surface area contributed by atoms with E-state index in [9.17, 15) is 18.4 Å². The summed E-state index contributed by atoms with van der Waals surface area (Å²) in [6.45, 7) is 1.84. The van der Waals surface area contributed by atoms with Gasteiger partial charge in [0.05, 0.1) is 63.5 Å². The highest BCUT2D eigenvalue weighted by Gasteiger charge is 2.31. The Hall–Kier alpha value is -3.72. The van der Waals surface area contributed by atoms with E-state index in [1.54, 1.807) is 51.7 Å². The topological polar surface area (TPSA) is 142 Å². The Kier molecular flexibility index (Phi) is 12.6. The Bertz CT molecular complexity index is 1630. The smallest absolute Gasteiger partial charge is 0.345 e. The maximum atomic E-state index is 13.1. The lowest BCUT2D eigenvalue weighted by atomic mass is 10.0. The van der Waals surface area contributed by atoms with Crippen molar-refractivity contribution in [3.05, 3.63) is 64.1 Å². The van der Waals surface area contributed by atoms with Crippen LogP contribution in [0.3, 0.4) is 0 Å². The zero-order valence-electron chi connectivity index (χ0n) is 27.1. The maximum Gasteiger partial charge on any atom is 0.345 e. The highest BCUT2D eigenvalue weighted by atomic mass is 79.9. The number of sulfone groups is 1. The summed E-state index contributed by atoms with van der Waals surface area (Å²) in [6.07, 6.45) is 2.02. The number of methoxy groups -OCH3 is 4. The molecule has 1 aliphatic heterocycles. The molecule has 3 aromatic carbocycles. The van der Waals surface area contributed by atoms with Crippen LogP contribution in [0.5, 0.6) is 28.7 Å². The van der Waals surface area contributed by atoms with Crippen LogP contribution in [0.25, 0.3) is 0 Å². The monoisotopic (exact) mass is 736 g/mol. The van der Waals surface area contributed by atoms with E-state index in [1.807, 2.05) is 19.1 Å².